The molecular formula is C84H84Br2Cl2P4. The molecular weight excluding hydrogens is 1360 g/mol. The summed E-state index contributed by atoms with van der Waals surface area (Å²) in [4.78, 5) is 0. The lowest BCUT2D eigenvalue weighted by molar-refractivity contribution is -0.00100. The van der Waals surface area contributed by atoms with Gasteiger partial charge in [0.05, 0.1) is 24.6 Å². The van der Waals surface area contributed by atoms with Crippen LogP contribution in [0.2, 0.25) is 0 Å². The Morgan fingerprint density at radius 2 is 0.217 bits per heavy atom. The lowest BCUT2D eigenvalue weighted by Crippen LogP contribution is -3.00. The van der Waals surface area contributed by atoms with Crippen LogP contribution in [0.3, 0.4) is 0 Å². The second-order valence-electron chi connectivity index (χ2n) is 23.0. The Morgan fingerprint density at radius 3 is 0.304 bits per heavy atom. The Hall–Kier alpha value is -6.10. The summed E-state index contributed by atoms with van der Waals surface area (Å²) in [5.41, 5.74) is 0. The highest BCUT2D eigenvalue weighted by Crippen LogP contribution is 2.59. The third-order valence-electron chi connectivity index (χ3n) is 17.8. The normalized spacial score (nSPS) is 11.2. The first-order chi connectivity index (χ1) is 43.7. The summed E-state index contributed by atoms with van der Waals surface area (Å²) in [5.74, 6) is 0. The molecule has 0 fully saturated rings. The van der Waals surface area contributed by atoms with Gasteiger partial charge >= 0.3 is 0 Å². The molecule has 0 heterocycles. The van der Waals surface area contributed by atoms with Crippen molar-refractivity contribution < 1.29 is 58.8 Å². The highest BCUT2D eigenvalue weighted by Gasteiger charge is 2.48. The zero-order chi connectivity index (χ0) is 59.8. The van der Waals surface area contributed by atoms with Gasteiger partial charge in [-0.15, -0.1) is 0 Å². The summed E-state index contributed by atoms with van der Waals surface area (Å²) in [6.45, 7) is 0. The molecule has 0 atom stereocenters. The van der Waals surface area contributed by atoms with E-state index in [0.717, 1.165) is 0 Å². The summed E-state index contributed by atoms with van der Waals surface area (Å²) in [6, 6.07) is 136. The maximum Gasteiger partial charge on any atom is 0.112 e. The van der Waals surface area contributed by atoms with Crippen LogP contribution in [0, 0.1) is 0 Å². The number of benzene rings is 12. The maximum absolute atomic E-state index is 2.37. The van der Waals surface area contributed by atoms with Gasteiger partial charge in [0, 0.05) is 0 Å². The summed E-state index contributed by atoms with van der Waals surface area (Å²) < 4.78 is 0. The third-order valence-corrected chi connectivity index (χ3v) is 35.9. The molecule has 12 aromatic rings. The predicted octanol–water partition coefficient (Wildman–Crippen LogP) is 5.09. The highest BCUT2D eigenvalue weighted by molar-refractivity contribution is 7.97. The fraction of sp³-hybridized carbons (Fsp3) is 0.143. The van der Waals surface area contributed by atoms with Crippen molar-refractivity contribution in [1.82, 2.24) is 0 Å². The Kier molecular flexibility index (Phi) is 30.0. The molecule has 0 saturated heterocycles. The SMILES string of the molecule is [Br-].[Br-].[Cl-].[Cl-].c1ccc([P+](CCCCCC[P+](c2ccccc2)(c2ccccc2)c2ccccc2)(c2ccccc2)c2ccccc2)cc1.c1ccc([P+](CCCCCC[P+](c2ccccc2)(c2ccccc2)c2ccccc2)(c2ccccc2)c2ccccc2)cc1. The monoisotopic (exact) mass is 1440 g/mol. The average Bonchev–Trinajstić information content (AvgIpc) is 0.798. The van der Waals surface area contributed by atoms with E-state index in [4.69, 9.17) is 0 Å². The Morgan fingerprint density at radius 1 is 0.130 bits per heavy atom. The van der Waals surface area contributed by atoms with Gasteiger partial charge in [-0.25, -0.2) is 0 Å². The van der Waals surface area contributed by atoms with Crippen molar-refractivity contribution in [2.75, 3.05) is 24.6 Å². The fourth-order valence-electron chi connectivity index (χ4n) is 13.6. The van der Waals surface area contributed by atoms with Gasteiger partial charge in [0.25, 0.3) is 0 Å². The Balaban J connectivity index is 0.000000250. The molecule has 92 heavy (non-hydrogen) atoms. The summed E-state index contributed by atoms with van der Waals surface area (Å²) >= 11 is 0. The summed E-state index contributed by atoms with van der Waals surface area (Å²) in [6.07, 6.45) is 14.6. The van der Waals surface area contributed by atoms with E-state index < -0.39 is 29.0 Å². The zero-order valence-corrected chi connectivity index (χ0v) is 60.7. The van der Waals surface area contributed by atoms with E-state index in [1.807, 2.05) is 0 Å². The summed E-state index contributed by atoms with van der Waals surface area (Å²) in [5, 5.41) is 17.8. The lowest BCUT2D eigenvalue weighted by Gasteiger charge is -2.28. The molecule has 0 aliphatic rings. The topological polar surface area (TPSA) is 0 Å². The average molecular weight is 1450 g/mol. The quantitative estimate of drug-likeness (QED) is 0.0525. The molecule has 0 aromatic heterocycles. The van der Waals surface area contributed by atoms with Crippen LogP contribution in [0.1, 0.15) is 51.4 Å². The molecule has 468 valence electrons. The molecule has 0 aliphatic heterocycles. The molecule has 0 amide bonds. The van der Waals surface area contributed by atoms with E-state index >= 15 is 0 Å². The van der Waals surface area contributed by atoms with E-state index in [0.29, 0.717) is 0 Å². The van der Waals surface area contributed by atoms with Gasteiger partial charge < -0.3 is 58.8 Å². The minimum atomic E-state index is -1.77. The van der Waals surface area contributed by atoms with Crippen LogP contribution in [-0.2, 0) is 0 Å². The van der Waals surface area contributed by atoms with Gasteiger partial charge in [-0.3, -0.25) is 0 Å². The van der Waals surface area contributed by atoms with Gasteiger partial charge in [-0.1, -0.05) is 218 Å². The molecule has 0 nitrogen and oxygen atoms in total. The molecule has 0 radical (unpaired) electrons. The van der Waals surface area contributed by atoms with Gasteiger partial charge in [0.1, 0.15) is 92.7 Å². The van der Waals surface area contributed by atoms with Crippen molar-refractivity contribution in [3.8, 4) is 0 Å². The van der Waals surface area contributed by atoms with Gasteiger partial charge in [0.15, 0.2) is 0 Å². The molecule has 0 unspecified atom stereocenters. The van der Waals surface area contributed by atoms with E-state index in [9.17, 15) is 0 Å². The molecule has 0 N–H and O–H groups in total. The Labute approximate surface area is 586 Å². The van der Waals surface area contributed by atoms with Crippen molar-refractivity contribution in [1.29, 1.82) is 0 Å². The van der Waals surface area contributed by atoms with Crippen molar-refractivity contribution in [2.45, 2.75) is 51.4 Å². The minimum Gasteiger partial charge on any atom is -1.00 e. The van der Waals surface area contributed by atoms with Gasteiger partial charge in [-0.05, 0) is 197 Å². The van der Waals surface area contributed by atoms with Crippen LogP contribution in [0.15, 0.2) is 364 Å². The van der Waals surface area contributed by atoms with Crippen molar-refractivity contribution in [3.05, 3.63) is 364 Å². The summed E-state index contributed by atoms with van der Waals surface area (Å²) in [7, 11) is -7.08. The second kappa shape index (κ2) is 37.7. The molecule has 0 aliphatic carbocycles. The number of hydrogen-bond donors (Lipinski definition) is 0. The van der Waals surface area contributed by atoms with E-state index in [1.54, 1.807) is 0 Å². The van der Waals surface area contributed by atoms with Crippen molar-refractivity contribution in [2.24, 2.45) is 0 Å². The van der Waals surface area contributed by atoms with Gasteiger partial charge in [-0.2, -0.15) is 0 Å². The molecule has 0 saturated carbocycles. The molecule has 12 aromatic carbocycles. The number of hydrogen-bond acceptors (Lipinski definition) is 0. The zero-order valence-electron chi connectivity index (χ0n) is 52.4. The molecule has 12 rings (SSSR count). The first-order valence-corrected chi connectivity index (χ1v) is 39.8. The van der Waals surface area contributed by atoms with Crippen LogP contribution in [-0.4, -0.2) is 24.6 Å². The standard InChI is InChI=1S/2C42H42P2.2BrH.2ClH/c2*1(21-35-43(37-23-9-3-10-24-37,38-25-11-4-12-26-38)39-27-13-5-14-28-39)2-22-36-44(40-29-15-6-16-30-40,41-31-17-7-18-32-41)42-33-19-8-20-34-42;;;;/h2*3-20,23-34H,1-2,21-22,35-36H2;4*1H/q2*+2;;;;/p-4. The number of unbranched alkanes of at least 4 members (excludes halogenated alkanes) is 6. The van der Waals surface area contributed by atoms with E-state index in [1.165, 1.54) is 140 Å². The van der Waals surface area contributed by atoms with Crippen LogP contribution in [0.5, 0.6) is 0 Å². The maximum atomic E-state index is 2.37. The number of halogens is 4. The smallest absolute Gasteiger partial charge is 0.112 e. The highest BCUT2D eigenvalue weighted by atomic mass is 79.9. The van der Waals surface area contributed by atoms with Crippen LogP contribution in [0.4, 0.5) is 0 Å². The van der Waals surface area contributed by atoms with Crippen LogP contribution in [0.25, 0.3) is 0 Å². The third kappa shape index (κ3) is 17.0. The fourth-order valence-corrected chi connectivity index (χ4v) is 31.3. The molecule has 8 heteroatoms. The van der Waals surface area contributed by atoms with E-state index in [2.05, 4.69) is 364 Å². The van der Waals surface area contributed by atoms with Crippen molar-refractivity contribution in [3.63, 3.8) is 0 Å². The minimum absolute atomic E-state index is 0. The molecule has 0 bridgehead atoms. The van der Waals surface area contributed by atoms with E-state index in [-0.39, 0.29) is 58.8 Å². The van der Waals surface area contributed by atoms with Crippen LogP contribution < -0.4 is 122 Å². The van der Waals surface area contributed by atoms with Crippen molar-refractivity contribution >= 4 is 92.7 Å². The first kappa shape index (κ1) is 73.3. The molecule has 0 spiro atoms. The lowest BCUT2D eigenvalue weighted by atomic mass is 10.2. The predicted molar refractivity (Wildman–Crippen MR) is 397 cm³/mol. The second-order valence-corrected chi connectivity index (χ2v) is 37.5. The first-order valence-electron chi connectivity index (χ1n) is 31.9. The largest absolute Gasteiger partial charge is 1.00 e. The van der Waals surface area contributed by atoms with Crippen LogP contribution >= 0.6 is 29.0 Å². The number of rotatable bonds is 26. The van der Waals surface area contributed by atoms with Gasteiger partial charge in [0.2, 0.25) is 0 Å². The Bertz CT molecular complexity index is 2980.